The van der Waals surface area contributed by atoms with Gasteiger partial charge < -0.3 is 14.2 Å². The number of hydrogen-bond acceptors (Lipinski definition) is 6. The first-order valence-corrected chi connectivity index (χ1v) is 27.6. The average molecular weight is 919 g/mol. The molecule has 0 amide bonds. The molecule has 1 unspecified atom stereocenters. The second-order valence-corrected chi connectivity index (χ2v) is 18.1. The molecular formula is C60H102O6. The van der Waals surface area contributed by atoms with Gasteiger partial charge in [0.25, 0.3) is 0 Å². The Hall–Kier alpha value is -3.41. The van der Waals surface area contributed by atoms with Crippen molar-refractivity contribution in [3.05, 3.63) is 85.1 Å². The summed E-state index contributed by atoms with van der Waals surface area (Å²) in [6.07, 6.45) is 70.1. The molecule has 0 heterocycles. The van der Waals surface area contributed by atoms with Crippen LogP contribution < -0.4 is 0 Å². The SMILES string of the molecule is CC/C=C\C/C=C\C/C=C\C/C=C\C/C=C\C/C=C\C/C=C\CCCCCCCCCC(=O)OCC(COC(=O)CCCCCCCCCCC)OC(=O)CCCCCCCCCCCC. The summed E-state index contributed by atoms with van der Waals surface area (Å²) in [5.41, 5.74) is 0. The Morgan fingerprint density at radius 2 is 0.591 bits per heavy atom. The Morgan fingerprint density at radius 1 is 0.318 bits per heavy atom. The van der Waals surface area contributed by atoms with Gasteiger partial charge in [-0.1, -0.05) is 247 Å². The molecule has 0 aromatic carbocycles. The van der Waals surface area contributed by atoms with Gasteiger partial charge in [0, 0.05) is 19.3 Å². The summed E-state index contributed by atoms with van der Waals surface area (Å²) in [5.74, 6) is -0.890. The topological polar surface area (TPSA) is 78.9 Å². The highest BCUT2D eigenvalue weighted by Crippen LogP contribution is 2.15. The van der Waals surface area contributed by atoms with Crippen molar-refractivity contribution in [2.45, 2.75) is 264 Å². The number of unbranched alkanes of at least 4 members (excludes halogenated alkanes) is 24. The van der Waals surface area contributed by atoms with Crippen LogP contribution in [-0.4, -0.2) is 37.2 Å². The second kappa shape index (κ2) is 54.2. The van der Waals surface area contributed by atoms with Gasteiger partial charge >= 0.3 is 17.9 Å². The number of rotatable bonds is 49. The number of carbonyl (C=O) groups is 3. The fourth-order valence-electron chi connectivity index (χ4n) is 7.54. The fourth-order valence-corrected chi connectivity index (χ4v) is 7.54. The largest absolute Gasteiger partial charge is 0.462 e. The van der Waals surface area contributed by atoms with Crippen molar-refractivity contribution in [3.8, 4) is 0 Å². The van der Waals surface area contributed by atoms with Crippen molar-refractivity contribution in [1.82, 2.24) is 0 Å². The minimum absolute atomic E-state index is 0.0768. The van der Waals surface area contributed by atoms with Crippen molar-refractivity contribution in [3.63, 3.8) is 0 Å². The maximum absolute atomic E-state index is 12.7. The zero-order valence-electron chi connectivity index (χ0n) is 43.2. The van der Waals surface area contributed by atoms with E-state index < -0.39 is 6.10 Å². The first kappa shape index (κ1) is 62.6. The van der Waals surface area contributed by atoms with Crippen LogP contribution in [0.1, 0.15) is 258 Å². The zero-order valence-corrected chi connectivity index (χ0v) is 43.2. The van der Waals surface area contributed by atoms with Crippen LogP contribution >= 0.6 is 0 Å². The molecule has 378 valence electrons. The number of esters is 3. The standard InChI is InChI=1S/C60H102O6/c1-4-7-10-13-16-19-21-22-23-24-25-26-27-28-29-30-31-32-33-34-35-36-37-38-39-42-44-47-50-53-59(62)65-56-57(55-64-58(61)52-49-46-43-40-18-15-12-9-6-3)66-60(63)54-51-48-45-41-20-17-14-11-8-5-2/h7,10,16,19,22-23,25-26,28-29,31-32,34-35,57H,4-6,8-9,11-15,17-18,20-21,24,27,30,33,36-56H2,1-3H3/b10-7-,19-16-,23-22-,26-25-,29-28-,32-31-,35-34-. The third-order valence-corrected chi connectivity index (χ3v) is 11.7. The van der Waals surface area contributed by atoms with Gasteiger partial charge in [0.05, 0.1) is 0 Å². The lowest BCUT2D eigenvalue weighted by molar-refractivity contribution is -0.167. The number of carbonyl (C=O) groups excluding carboxylic acids is 3. The predicted octanol–water partition coefficient (Wildman–Crippen LogP) is 18.4. The van der Waals surface area contributed by atoms with Crippen LogP contribution in [0.5, 0.6) is 0 Å². The van der Waals surface area contributed by atoms with Gasteiger partial charge in [-0.25, -0.2) is 0 Å². The summed E-state index contributed by atoms with van der Waals surface area (Å²) >= 11 is 0. The van der Waals surface area contributed by atoms with Crippen LogP contribution in [0.2, 0.25) is 0 Å². The Morgan fingerprint density at radius 3 is 0.924 bits per heavy atom. The van der Waals surface area contributed by atoms with Crippen LogP contribution in [-0.2, 0) is 28.6 Å². The maximum atomic E-state index is 12.7. The summed E-state index contributed by atoms with van der Waals surface area (Å²) in [5, 5.41) is 0. The highest BCUT2D eigenvalue weighted by Gasteiger charge is 2.19. The molecule has 1 atom stereocenters. The maximum Gasteiger partial charge on any atom is 0.306 e. The molecule has 0 rings (SSSR count). The lowest BCUT2D eigenvalue weighted by Gasteiger charge is -2.18. The Bertz CT molecular complexity index is 1290. The van der Waals surface area contributed by atoms with Gasteiger partial charge in [-0.15, -0.1) is 0 Å². The molecule has 0 fully saturated rings. The van der Waals surface area contributed by atoms with Crippen molar-refractivity contribution in [2.75, 3.05) is 13.2 Å². The second-order valence-electron chi connectivity index (χ2n) is 18.1. The molecular weight excluding hydrogens is 817 g/mol. The molecule has 6 nitrogen and oxygen atoms in total. The Kier molecular flexibility index (Phi) is 51.4. The zero-order chi connectivity index (χ0) is 47.9. The monoisotopic (exact) mass is 919 g/mol. The lowest BCUT2D eigenvalue weighted by Crippen LogP contribution is -2.30. The summed E-state index contributed by atoms with van der Waals surface area (Å²) in [6, 6.07) is 0. The molecule has 0 aliphatic rings. The van der Waals surface area contributed by atoms with Crippen molar-refractivity contribution in [2.24, 2.45) is 0 Å². The Labute approximate surface area is 407 Å². The van der Waals surface area contributed by atoms with Crippen LogP contribution in [0.4, 0.5) is 0 Å². The van der Waals surface area contributed by atoms with Crippen LogP contribution in [0.25, 0.3) is 0 Å². The summed E-state index contributed by atoms with van der Waals surface area (Å²) in [6.45, 7) is 6.48. The van der Waals surface area contributed by atoms with Gasteiger partial charge in [-0.05, 0) is 77.0 Å². The van der Waals surface area contributed by atoms with Gasteiger partial charge in [-0.3, -0.25) is 14.4 Å². The lowest BCUT2D eigenvalue weighted by atomic mass is 10.1. The van der Waals surface area contributed by atoms with E-state index in [0.29, 0.717) is 19.3 Å². The van der Waals surface area contributed by atoms with Gasteiger partial charge in [-0.2, -0.15) is 0 Å². The highest BCUT2D eigenvalue weighted by molar-refractivity contribution is 5.71. The number of allylic oxidation sites excluding steroid dienone is 14. The van der Waals surface area contributed by atoms with Gasteiger partial charge in [0.2, 0.25) is 0 Å². The smallest absolute Gasteiger partial charge is 0.306 e. The molecule has 0 aliphatic carbocycles. The van der Waals surface area contributed by atoms with Crippen LogP contribution in [0, 0.1) is 0 Å². The summed E-state index contributed by atoms with van der Waals surface area (Å²) in [4.78, 5) is 37.8. The van der Waals surface area contributed by atoms with E-state index in [1.165, 1.54) is 109 Å². The predicted molar refractivity (Wildman–Crippen MR) is 284 cm³/mol. The van der Waals surface area contributed by atoms with Crippen LogP contribution in [0.3, 0.4) is 0 Å². The first-order chi connectivity index (χ1) is 32.5. The molecule has 0 aromatic heterocycles. The van der Waals surface area contributed by atoms with E-state index in [1.807, 2.05) is 0 Å². The van der Waals surface area contributed by atoms with E-state index in [0.717, 1.165) is 109 Å². The number of ether oxygens (including phenoxy) is 3. The molecule has 0 spiro atoms. The van der Waals surface area contributed by atoms with Crippen LogP contribution in [0.15, 0.2) is 85.1 Å². The molecule has 66 heavy (non-hydrogen) atoms. The van der Waals surface area contributed by atoms with Gasteiger partial charge in [0.15, 0.2) is 6.10 Å². The number of hydrogen-bond donors (Lipinski definition) is 0. The first-order valence-electron chi connectivity index (χ1n) is 27.6. The van der Waals surface area contributed by atoms with Crippen molar-refractivity contribution in [1.29, 1.82) is 0 Å². The molecule has 0 saturated carbocycles. The molecule has 0 radical (unpaired) electrons. The third-order valence-electron chi connectivity index (χ3n) is 11.7. The molecule has 0 aliphatic heterocycles. The van der Waals surface area contributed by atoms with Crippen molar-refractivity contribution >= 4 is 17.9 Å². The molecule has 0 bridgehead atoms. The molecule has 0 N–H and O–H groups in total. The van der Waals surface area contributed by atoms with Crippen molar-refractivity contribution < 1.29 is 28.6 Å². The molecule has 6 heteroatoms. The minimum atomic E-state index is -0.775. The Balaban J connectivity index is 4.17. The van der Waals surface area contributed by atoms with E-state index in [-0.39, 0.29) is 31.1 Å². The third kappa shape index (κ3) is 51.6. The van der Waals surface area contributed by atoms with E-state index in [1.54, 1.807) is 0 Å². The summed E-state index contributed by atoms with van der Waals surface area (Å²) < 4.78 is 16.7. The van der Waals surface area contributed by atoms with E-state index in [2.05, 4.69) is 106 Å². The normalized spacial score (nSPS) is 12.7. The van der Waals surface area contributed by atoms with E-state index in [9.17, 15) is 14.4 Å². The highest BCUT2D eigenvalue weighted by atomic mass is 16.6. The quantitative estimate of drug-likeness (QED) is 0.0262. The van der Waals surface area contributed by atoms with E-state index >= 15 is 0 Å². The molecule has 0 saturated heterocycles. The fraction of sp³-hybridized carbons (Fsp3) is 0.717. The van der Waals surface area contributed by atoms with Gasteiger partial charge in [0.1, 0.15) is 13.2 Å². The molecule has 0 aromatic rings. The average Bonchev–Trinajstić information content (AvgIpc) is 3.31. The minimum Gasteiger partial charge on any atom is -0.462 e. The summed E-state index contributed by atoms with van der Waals surface area (Å²) in [7, 11) is 0. The van der Waals surface area contributed by atoms with E-state index in [4.69, 9.17) is 14.2 Å².